The molecule has 4 rings (SSSR count). The number of aromatic nitrogens is 2. The van der Waals surface area contributed by atoms with Gasteiger partial charge in [0.05, 0.1) is 17.2 Å². The quantitative estimate of drug-likeness (QED) is 0.595. The highest BCUT2D eigenvalue weighted by Gasteiger charge is 2.19. The van der Waals surface area contributed by atoms with Crippen molar-refractivity contribution in [3.63, 3.8) is 0 Å². The van der Waals surface area contributed by atoms with Crippen LogP contribution in [-0.2, 0) is 17.9 Å². The molecular weight excluding hydrogens is 407 g/mol. The van der Waals surface area contributed by atoms with Crippen LogP contribution in [0.3, 0.4) is 0 Å². The molecule has 0 atom stereocenters. The molecule has 0 bridgehead atoms. The summed E-state index contributed by atoms with van der Waals surface area (Å²) >= 11 is 0. The zero-order chi connectivity index (χ0) is 22.5. The number of halogens is 1. The Labute approximate surface area is 187 Å². The van der Waals surface area contributed by atoms with Gasteiger partial charge in [0.2, 0.25) is 5.91 Å². The van der Waals surface area contributed by atoms with Crippen molar-refractivity contribution in [2.45, 2.75) is 39.3 Å². The maximum Gasteiger partial charge on any atom is 0.261 e. The molecule has 168 valence electrons. The smallest absolute Gasteiger partial charge is 0.261 e. The van der Waals surface area contributed by atoms with Gasteiger partial charge in [-0.3, -0.25) is 19.1 Å². The minimum atomic E-state index is -0.224. The van der Waals surface area contributed by atoms with E-state index in [1.807, 2.05) is 36.1 Å². The number of rotatable bonds is 6. The summed E-state index contributed by atoms with van der Waals surface area (Å²) in [7, 11) is 0. The highest BCUT2D eigenvalue weighted by Crippen LogP contribution is 2.13. The van der Waals surface area contributed by atoms with Crippen molar-refractivity contribution >= 4 is 16.8 Å². The van der Waals surface area contributed by atoms with Crippen molar-refractivity contribution in [1.29, 1.82) is 0 Å². The molecule has 0 aliphatic carbocycles. The topological polar surface area (TPSA) is 58.4 Å². The summed E-state index contributed by atoms with van der Waals surface area (Å²) in [5.41, 5.74) is 2.74. The van der Waals surface area contributed by atoms with Crippen LogP contribution in [0.25, 0.3) is 10.9 Å². The molecule has 2 heterocycles. The van der Waals surface area contributed by atoms with Gasteiger partial charge in [0, 0.05) is 45.7 Å². The van der Waals surface area contributed by atoms with Gasteiger partial charge in [-0.25, -0.2) is 9.37 Å². The summed E-state index contributed by atoms with van der Waals surface area (Å²) in [5.74, 6) is -0.0930. The number of amides is 1. The SMILES string of the molecule is Cc1cccc2c(=O)n(CCCC(=O)N3CCCN(Cc4ccc(F)cc4)CC3)cnc12. The number of carbonyl (C=O) groups excluding carboxylic acids is 1. The summed E-state index contributed by atoms with van der Waals surface area (Å²) < 4.78 is 14.7. The number of benzene rings is 2. The lowest BCUT2D eigenvalue weighted by molar-refractivity contribution is -0.131. The van der Waals surface area contributed by atoms with E-state index in [2.05, 4.69) is 9.88 Å². The molecule has 1 aromatic heterocycles. The number of hydrogen-bond acceptors (Lipinski definition) is 4. The minimum absolute atomic E-state index is 0.0580. The molecule has 1 aliphatic rings. The standard InChI is InChI=1S/C25H29FN4O2/c1-19-5-2-6-22-24(19)27-18-30(25(22)32)13-3-7-23(31)29-14-4-12-28(15-16-29)17-20-8-10-21(26)11-9-20/h2,5-6,8-11,18H,3-4,7,12-17H2,1H3. The molecule has 7 heteroatoms. The van der Waals surface area contributed by atoms with Gasteiger partial charge < -0.3 is 4.90 Å². The summed E-state index contributed by atoms with van der Waals surface area (Å²) in [6.07, 6.45) is 3.52. The average molecular weight is 437 g/mol. The zero-order valence-electron chi connectivity index (χ0n) is 18.5. The van der Waals surface area contributed by atoms with Gasteiger partial charge in [-0.1, -0.05) is 24.3 Å². The van der Waals surface area contributed by atoms with Gasteiger partial charge in [0.1, 0.15) is 5.82 Å². The molecule has 6 nitrogen and oxygen atoms in total. The number of fused-ring (bicyclic) bond motifs is 1. The van der Waals surface area contributed by atoms with E-state index in [9.17, 15) is 14.0 Å². The van der Waals surface area contributed by atoms with Crippen molar-refractivity contribution in [3.05, 3.63) is 76.1 Å². The van der Waals surface area contributed by atoms with Gasteiger partial charge >= 0.3 is 0 Å². The van der Waals surface area contributed by atoms with Crippen LogP contribution in [-0.4, -0.2) is 51.4 Å². The fourth-order valence-electron chi connectivity index (χ4n) is 4.28. The van der Waals surface area contributed by atoms with E-state index < -0.39 is 0 Å². The molecule has 32 heavy (non-hydrogen) atoms. The van der Waals surface area contributed by atoms with E-state index in [0.29, 0.717) is 31.3 Å². The Hall–Kier alpha value is -3.06. The maximum absolute atomic E-state index is 13.1. The first-order valence-corrected chi connectivity index (χ1v) is 11.2. The molecule has 2 aromatic carbocycles. The average Bonchev–Trinajstić information content (AvgIpc) is 3.03. The van der Waals surface area contributed by atoms with Crippen LogP contribution < -0.4 is 5.56 Å². The summed E-state index contributed by atoms with van der Waals surface area (Å²) in [4.78, 5) is 34.1. The van der Waals surface area contributed by atoms with Crippen LogP contribution in [0.4, 0.5) is 4.39 Å². The van der Waals surface area contributed by atoms with Crippen LogP contribution in [0.15, 0.2) is 53.6 Å². The molecular formula is C25H29FN4O2. The van der Waals surface area contributed by atoms with Gasteiger partial charge in [-0.2, -0.15) is 0 Å². The summed E-state index contributed by atoms with van der Waals surface area (Å²) in [6.45, 7) is 6.34. The number of aryl methyl sites for hydroxylation is 2. The third-order valence-electron chi connectivity index (χ3n) is 6.11. The lowest BCUT2D eigenvalue weighted by Crippen LogP contribution is -2.35. The largest absolute Gasteiger partial charge is 0.341 e. The zero-order valence-corrected chi connectivity index (χ0v) is 18.5. The van der Waals surface area contributed by atoms with E-state index in [1.165, 1.54) is 12.1 Å². The van der Waals surface area contributed by atoms with Crippen LogP contribution in [0.5, 0.6) is 0 Å². The van der Waals surface area contributed by atoms with Gasteiger partial charge in [-0.05, 0) is 49.1 Å². The first-order valence-electron chi connectivity index (χ1n) is 11.2. The Morgan fingerprint density at radius 2 is 1.88 bits per heavy atom. The molecule has 0 spiro atoms. The second-order valence-electron chi connectivity index (χ2n) is 8.45. The van der Waals surface area contributed by atoms with E-state index in [4.69, 9.17) is 0 Å². The molecule has 1 fully saturated rings. The number of carbonyl (C=O) groups is 1. The Bertz CT molecular complexity index is 1140. The fraction of sp³-hybridized carbons (Fsp3) is 0.400. The van der Waals surface area contributed by atoms with Crippen LogP contribution in [0.2, 0.25) is 0 Å². The van der Waals surface area contributed by atoms with Crippen LogP contribution >= 0.6 is 0 Å². The molecule has 1 amide bonds. The Morgan fingerprint density at radius 1 is 1.06 bits per heavy atom. The molecule has 0 N–H and O–H groups in total. The summed E-state index contributed by atoms with van der Waals surface area (Å²) in [6, 6.07) is 12.2. The first kappa shape index (κ1) is 22.1. The van der Waals surface area contributed by atoms with Gasteiger partial charge in [0.25, 0.3) is 5.56 Å². The molecule has 0 radical (unpaired) electrons. The number of nitrogens with zero attached hydrogens (tertiary/aromatic N) is 4. The molecule has 0 saturated carbocycles. The minimum Gasteiger partial charge on any atom is -0.341 e. The highest BCUT2D eigenvalue weighted by molar-refractivity contribution is 5.80. The summed E-state index contributed by atoms with van der Waals surface area (Å²) in [5, 5.41) is 0.618. The molecule has 1 saturated heterocycles. The number of para-hydroxylation sites is 1. The van der Waals surface area contributed by atoms with Gasteiger partial charge in [-0.15, -0.1) is 0 Å². The normalized spacial score (nSPS) is 15.1. The van der Waals surface area contributed by atoms with Crippen molar-refractivity contribution in [1.82, 2.24) is 19.4 Å². The molecule has 3 aromatic rings. The van der Waals surface area contributed by atoms with Crippen LogP contribution in [0, 0.1) is 12.7 Å². The second-order valence-corrected chi connectivity index (χ2v) is 8.45. The second kappa shape index (κ2) is 10.0. The predicted molar refractivity (Wildman–Crippen MR) is 123 cm³/mol. The first-order chi connectivity index (χ1) is 15.5. The Kier molecular flexibility index (Phi) is 6.95. The lowest BCUT2D eigenvalue weighted by atomic mass is 10.1. The van der Waals surface area contributed by atoms with Crippen molar-refractivity contribution in [2.24, 2.45) is 0 Å². The monoisotopic (exact) mass is 436 g/mol. The van der Waals surface area contributed by atoms with E-state index in [-0.39, 0.29) is 17.3 Å². The van der Waals surface area contributed by atoms with Crippen molar-refractivity contribution < 1.29 is 9.18 Å². The predicted octanol–water partition coefficient (Wildman–Crippen LogP) is 3.36. The lowest BCUT2D eigenvalue weighted by Gasteiger charge is -2.22. The molecule has 0 unspecified atom stereocenters. The highest BCUT2D eigenvalue weighted by atomic mass is 19.1. The third kappa shape index (κ3) is 5.22. The van der Waals surface area contributed by atoms with Crippen molar-refractivity contribution in [3.8, 4) is 0 Å². The number of hydrogen-bond donors (Lipinski definition) is 0. The van der Waals surface area contributed by atoms with E-state index in [0.717, 1.165) is 49.2 Å². The van der Waals surface area contributed by atoms with Crippen molar-refractivity contribution in [2.75, 3.05) is 26.2 Å². The molecule has 1 aliphatic heterocycles. The third-order valence-corrected chi connectivity index (χ3v) is 6.11. The fourth-order valence-corrected chi connectivity index (χ4v) is 4.28. The Morgan fingerprint density at radius 3 is 2.69 bits per heavy atom. The van der Waals surface area contributed by atoms with E-state index in [1.54, 1.807) is 17.0 Å². The van der Waals surface area contributed by atoms with Gasteiger partial charge in [0.15, 0.2) is 0 Å². The maximum atomic E-state index is 13.1. The van der Waals surface area contributed by atoms with Crippen LogP contribution in [0.1, 0.15) is 30.4 Å². The van der Waals surface area contributed by atoms with E-state index >= 15 is 0 Å². The Balaban J connectivity index is 1.28.